The maximum atomic E-state index is 12.8. The monoisotopic (exact) mass is 356 g/mol. The zero-order valence-corrected chi connectivity index (χ0v) is 13.6. The van der Waals surface area contributed by atoms with Crippen LogP contribution in [-0.4, -0.2) is 12.6 Å². The second-order valence-corrected chi connectivity index (χ2v) is 5.72. The average molecular weight is 357 g/mol. The molecular weight excluding hydrogens is 341 g/mol. The SMILES string of the molecule is Cc1cccc(CCNC(=O)Nc2ccc(Cl)c(C(F)(F)F)c2)c1. The summed E-state index contributed by atoms with van der Waals surface area (Å²) in [7, 11) is 0. The number of anilines is 1. The third kappa shape index (κ3) is 5.16. The number of hydrogen-bond acceptors (Lipinski definition) is 1. The fraction of sp³-hybridized carbons (Fsp3) is 0.235. The van der Waals surface area contributed by atoms with Crippen LogP contribution in [0.25, 0.3) is 0 Å². The third-order valence-corrected chi connectivity index (χ3v) is 3.64. The van der Waals surface area contributed by atoms with Crippen LogP contribution in [0.5, 0.6) is 0 Å². The first kappa shape index (κ1) is 18.1. The number of urea groups is 1. The molecule has 0 fully saturated rings. The smallest absolute Gasteiger partial charge is 0.338 e. The molecule has 0 atom stereocenters. The van der Waals surface area contributed by atoms with Crippen LogP contribution in [0.4, 0.5) is 23.7 Å². The highest BCUT2D eigenvalue weighted by molar-refractivity contribution is 6.31. The summed E-state index contributed by atoms with van der Waals surface area (Å²) < 4.78 is 38.3. The molecule has 0 aromatic heterocycles. The van der Waals surface area contributed by atoms with Gasteiger partial charge in [-0.1, -0.05) is 41.4 Å². The van der Waals surface area contributed by atoms with E-state index in [9.17, 15) is 18.0 Å². The van der Waals surface area contributed by atoms with Gasteiger partial charge in [0.1, 0.15) is 0 Å². The Morgan fingerprint density at radius 1 is 1.17 bits per heavy atom. The maximum Gasteiger partial charge on any atom is 0.417 e. The van der Waals surface area contributed by atoms with E-state index in [0.717, 1.165) is 23.3 Å². The zero-order chi connectivity index (χ0) is 17.7. The van der Waals surface area contributed by atoms with Gasteiger partial charge in [0.2, 0.25) is 0 Å². The van der Waals surface area contributed by atoms with Gasteiger partial charge in [-0.15, -0.1) is 0 Å². The first-order valence-electron chi connectivity index (χ1n) is 7.23. The standard InChI is InChI=1S/C17H16ClF3N2O/c1-11-3-2-4-12(9-11)7-8-22-16(24)23-13-5-6-15(18)14(10-13)17(19,20)21/h2-6,9-10H,7-8H2,1H3,(H2,22,23,24). The van der Waals surface area contributed by atoms with Crippen LogP contribution < -0.4 is 10.6 Å². The van der Waals surface area contributed by atoms with Crippen molar-refractivity contribution in [2.45, 2.75) is 19.5 Å². The lowest BCUT2D eigenvalue weighted by Crippen LogP contribution is -2.30. The predicted molar refractivity (Wildman–Crippen MR) is 88.4 cm³/mol. The van der Waals surface area contributed by atoms with E-state index < -0.39 is 22.8 Å². The Kier molecular flexibility index (Phi) is 5.72. The van der Waals surface area contributed by atoms with E-state index in [1.807, 2.05) is 31.2 Å². The number of halogens is 4. The molecule has 0 bridgehead atoms. The quantitative estimate of drug-likeness (QED) is 0.792. The van der Waals surface area contributed by atoms with Gasteiger partial charge in [0, 0.05) is 12.2 Å². The minimum Gasteiger partial charge on any atom is -0.338 e. The number of nitrogens with one attached hydrogen (secondary N) is 2. The highest BCUT2D eigenvalue weighted by Crippen LogP contribution is 2.36. The van der Waals surface area contributed by atoms with Crippen molar-refractivity contribution in [3.05, 3.63) is 64.2 Å². The molecule has 3 nitrogen and oxygen atoms in total. The van der Waals surface area contributed by atoms with Gasteiger partial charge in [0.15, 0.2) is 0 Å². The third-order valence-electron chi connectivity index (χ3n) is 3.31. The second kappa shape index (κ2) is 7.57. The summed E-state index contributed by atoms with van der Waals surface area (Å²) in [6.07, 6.45) is -3.94. The molecule has 2 aromatic rings. The largest absolute Gasteiger partial charge is 0.417 e. The molecule has 2 rings (SSSR count). The highest BCUT2D eigenvalue weighted by Gasteiger charge is 2.33. The van der Waals surface area contributed by atoms with Crippen molar-refractivity contribution < 1.29 is 18.0 Å². The number of hydrogen-bond donors (Lipinski definition) is 2. The van der Waals surface area contributed by atoms with E-state index in [1.54, 1.807) is 0 Å². The van der Waals surface area contributed by atoms with Gasteiger partial charge in [-0.3, -0.25) is 0 Å². The van der Waals surface area contributed by atoms with Gasteiger partial charge in [0.05, 0.1) is 10.6 Å². The number of aryl methyl sites for hydroxylation is 1. The molecule has 0 saturated heterocycles. The van der Waals surface area contributed by atoms with Gasteiger partial charge in [0.25, 0.3) is 0 Å². The maximum absolute atomic E-state index is 12.8. The Morgan fingerprint density at radius 2 is 1.92 bits per heavy atom. The second-order valence-electron chi connectivity index (χ2n) is 5.31. The van der Waals surface area contributed by atoms with Gasteiger partial charge >= 0.3 is 12.2 Å². The van der Waals surface area contributed by atoms with Crippen LogP contribution in [0.3, 0.4) is 0 Å². The van der Waals surface area contributed by atoms with E-state index in [2.05, 4.69) is 10.6 Å². The van der Waals surface area contributed by atoms with E-state index in [4.69, 9.17) is 11.6 Å². The molecule has 2 N–H and O–H groups in total. The lowest BCUT2D eigenvalue weighted by Gasteiger charge is -2.12. The van der Waals surface area contributed by atoms with Crippen molar-refractivity contribution in [2.75, 3.05) is 11.9 Å². The Morgan fingerprint density at radius 3 is 2.58 bits per heavy atom. The molecule has 0 unspecified atom stereocenters. The summed E-state index contributed by atoms with van der Waals surface area (Å²) in [5.41, 5.74) is 1.24. The van der Waals surface area contributed by atoms with Gasteiger partial charge < -0.3 is 10.6 Å². The number of carbonyl (C=O) groups is 1. The van der Waals surface area contributed by atoms with Crippen LogP contribution in [0.2, 0.25) is 5.02 Å². The van der Waals surface area contributed by atoms with Crippen LogP contribution in [0.1, 0.15) is 16.7 Å². The molecule has 2 amide bonds. The summed E-state index contributed by atoms with van der Waals surface area (Å²) in [4.78, 5) is 11.8. The van der Waals surface area contributed by atoms with E-state index in [0.29, 0.717) is 13.0 Å². The molecule has 24 heavy (non-hydrogen) atoms. The molecule has 0 spiro atoms. The normalized spacial score (nSPS) is 11.2. The fourth-order valence-corrected chi connectivity index (χ4v) is 2.41. The first-order chi connectivity index (χ1) is 11.3. The van der Waals surface area contributed by atoms with E-state index in [1.165, 1.54) is 6.07 Å². The van der Waals surface area contributed by atoms with Crippen LogP contribution in [0.15, 0.2) is 42.5 Å². The van der Waals surface area contributed by atoms with Crippen molar-refractivity contribution >= 4 is 23.3 Å². The summed E-state index contributed by atoms with van der Waals surface area (Å²) in [6, 6.07) is 10.5. The number of rotatable bonds is 4. The molecule has 0 saturated carbocycles. The molecule has 128 valence electrons. The molecular formula is C17H16ClF3N2O. The topological polar surface area (TPSA) is 41.1 Å². The van der Waals surface area contributed by atoms with Crippen LogP contribution in [0, 0.1) is 6.92 Å². The number of carbonyl (C=O) groups excluding carboxylic acids is 1. The molecule has 0 radical (unpaired) electrons. The summed E-state index contributed by atoms with van der Waals surface area (Å²) in [5, 5.41) is 4.57. The molecule has 0 aliphatic carbocycles. The molecule has 2 aromatic carbocycles. The Hall–Kier alpha value is -2.21. The summed E-state index contributed by atoms with van der Waals surface area (Å²) in [6.45, 7) is 2.34. The van der Waals surface area contributed by atoms with Crippen molar-refractivity contribution in [3.8, 4) is 0 Å². The zero-order valence-electron chi connectivity index (χ0n) is 12.9. The van der Waals surface area contributed by atoms with Crippen molar-refractivity contribution in [1.82, 2.24) is 5.32 Å². The average Bonchev–Trinajstić information content (AvgIpc) is 2.48. The Bertz CT molecular complexity index is 732. The number of amides is 2. The fourth-order valence-electron chi connectivity index (χ4n) is 2.18. The first-order valence-corrected chi connectivity index (χ1v) is 7.60. The van der Waals surface area contributed by atoms with Crippen molar-refractivity contribution in [1.29, 1.82) is 0 Å². The molecule has 0 heterocycles. The minimum atomic E-state index is -4.57. The van der Waals surface area contributed by atoms with Crippen LogP contribution in [-0.2, 0) is 12.6 Å². The van der Waals surface area contributed by atoms with Gasteiger partial charge in [-0.05, 0) is 37.1 Å². The molecule has 0 aliphatic heterocycles. The van der Waals surface area contributed by atoms with Gasteiger partial charge in [-0.25, -0.2) is 4.79 Å². The number of alkyl halides is 3. The lowest BCUT2D eigenvalue weighted by molar-refractivity contribution is -0.137. The Labute approximate surface area is 142 Å². The van der Waals surface area contributed by atoms with E-state index in [-0.39, 0.29) is 5.69 Å². The van der Waals surface area contributed by atoms with Crippen molar-refractivity contribution in [3.63, 3.8) is 0 Å². The lowest BCUT2D eigenvalue weighted by atomic mass is 10.1. The molecule has 7 heteroatoms. The summed E-state index contributed by atoms with van der Waals surface area (Å²) >= 11 is 5.53. The molecule has 0 aliphatic rings. The predicted octanol–water partition coefficient (Wildman–Crippen LogP) is 5.03. The van der Waals surface area contributed by atoms with Gasteiger partial charge in [-0.2, -0.15) is 13.2 Å². The number of benzene rings is 2. The Balaban J connectivity index is 1.91. The minimum absolute atomic E-state index is 0.0276. The van der Waals surface area contributed by atoms with Crippen molar-refractivity contribution in [2.24, 2.45) is 0 Å². The van der Waals surface area contributed by atoms with E-state index >= 15 is 0 Å². The van der Waals surface area contributed by atoms with Crippen LogP contribution >= 0.6 is 11.6 Å². The summed E-state index contributed by atoms with van der Waals surface area (Å²) in [5.74, 6) is 0. The highest BCUT2D eigenvalue weighted by atomic mass is 35.5.